The molecule has 0 saturated heterocycles. The number of hydrogen-bond acceptors (Lipinski definition) is 4. The Bertz CT molecular complexity index is 508. The van der Waals surface area contributed by atoms with Crippen LogP contribution in [0.15, 0.2) is 0 Å². The molecule has 35 heavy (non-hydrogen) atoms. The number of esters is 2. The number of rotatable bonds is 22. The summed E-state index contributed by atoms with van der Waals surface area (Å²) in [5, 5.41) is 0. The van der Waals surface area contributed by atoms with Crippen LogP contribution < -0.4 is 0 Å². The Morgan fingerprint density at radius 2 is 0.829 bits per heavy atom. The lowest BCUT2D eigenvalue weighted by Crippen LogP contribution is -2.40. The molecule has 0 radical (unpaired) electrons. The summed E-state index contributed by atoms with van der Waals surface area (Å²) in [4.78, 5) is 25.4. The van der Waals surface area contributed by atoms with Crippen LogP contribution in [0.3, 0.4) is 0 Å². The molecule has 0 aromatic heterocycles. The predicted octanol–water partition coefficient (Wildman–Crippen LogP) is 9.57. The van der Waals surface area contributed by atoms with Crippen molar-refractivity contribution in [2.45, 2.75) is 176 Å². The van der Waals surface area contributed by atoms with Gasteiger partial charge in [-0.15, -0.1) is 0 Å². The minimum Gasteiger partial charge on any atom is -0.459 e. The van der Waals surface area contributed by atoms with Crippen LogP contribution in [0.4, 0.5) is 0 Å². The summed E-state index contributed by atoms with van der Waals surface area (Å²) >= 11 is 0. The van der Waals surface area contributed by atoms with Crippen molar-refractivity contribution in [2.75, 3.05) is 0 Å². The zero-order valence-corrected chi connectivity index (χ0v) is 24.8. The van der Waals surface area contributed by atoms with Crippen molar-refractivity contribution >= 4 is 11.9 Å². The molecular weight excluding hydrogens is 436 g/mol. The molecule has 4 heteroatoms. The summed E-state index contributed by atoms with van der Waals surface area (Å²) < 4.78 is 11.8. The maximum absolute atomic E-state index is 12.7. The van der Waals surface area contributed by atoms with Gasteiger partial charge in [0.25, 0.3) is 0 Å². The lowest BCUT2D eigenvalue weighted by Gasteiger charge is -2.35. The fourth-order valence-corrected chi connectivity index (χ4v) is 4.49. The van der Waals surface area contributed by atoms with E-state index in [0.29, 0.717) is 0 Å². The summed E-state index contributed by atoms with van der Waals surface area (Å²) in [6.07, 6.45) is 18.6. The molecule has 0 aromatic rings. The highest BCUT2D eigenvalue weighted by Gasteiger charge is 2.35. The maximum Gasteiger partial charge on any atom is 0.317 e. The zero-order chi connectivity index (χ0) is 26.7. The molecule has 0 spiro atoms. The van der Waals surface area contributed by atoms with Gasteiger partial charge in [0.05, 0.1) is 0 Å². The van der Waals surface area contributed by atoms with Crippen molar-refractivity contribution in [3.05, 3.63) is 0 Å². The van der Waals surface area contributed by atoms with Gasteiger partial charge in [0, 0.05) is 0 Å². The van der Waals surface area contributed by atoms with Gasteiger partial charge >= 0.3 is 11.9 Å². The SMILES string of the molecule is CCCCCCCCCC(C)(OC(=O)CC(=O)OC(C)(CCCCCCCCC)C(C)C)C(C)C. The van der Waals surface area contributed by atoms with Gasteiger partial charge in [-0.05, 0) is 51.4 Å². The Kier molecular flexibility index (Phi) is 18.5. The molecule has 0 amide bonds. The van der Waals surface area contributed by atoms with Crippen LogP contribution in [0.5, 0.6) is 0 Å². The molecule has 0 saturated carbocycles. The van der Waals surface area contributed by atoms with Crippen molar-refractivity contribution in [3.8, 4) is 0 Å². The number of unbranched alkanes of at least 4 members (excludes halogenated alkanes) is 12. The zero-order valence-electron chi connectivity index (χ0n) is 24.8. The Morgan fingerprint density at radius 1 is 0.543 bits per heavy atom. The summed E-state index contributed by atoms with van der Waals surface area (Å²) in [6.45, 7) is 16.8. The Hall–Kier alpha value is -1.06. The third-order valence-corrected chi connectivity index (χ3v) is 7.98. The van der Waals surface area contributed by atoms with Gasteiger partial charge in [-0.2, -0.15) is 0 Å². The smallest absolute Gasteiger partial charge is 0.317 e. The standard InChI is InChI=1S/C31H60O4/c1-9-11-13-15-17-19-21-23-30(7,26(3)4)34-28(32)25-29(33)35-31(8,27(5)6)24-22-20-18-16-14-12-10-2/h26-27H,9-25H2,1-8H3. The average molecular weight is 497 g/mol. The molecule has 0 aromatic carbocycles. The number of carbonyl (C=O) groups excluding carboxylic acids is 2. The first-order valence-corrected chi connectivity index (χ1v) is 14.9. The third-order valence-electron chi connectivity index (χ3n) is 7.98. The van der Waals surface area contributed by atoms with Crippen LogP contribution in [0, 0.1) is 11.8 Å². The summed E-state index contributed by atoms with van der Waals surface area (Å²) in [6, 6.07) is 0. The molecule has 4 nitrogen and oxygen atoms in total. The molecule has 0 aliphatic heterocycles. The van der Waals surface area contributed by atoms with Crippen LogP contribution in [-0.2, 0) is 19.1 Å². The van der Waals surface area contributed by atoms with E-state index >= 15 is 0 Å². The molecule has 0 bridgehead atoms. The van der Waals surface area contributed by atoms with E-state index in [1.807, 2.05) is 13.8 Å². The highest BCUT2D eigenvalue weighted by molar-refractivity contribution is 5.91. The normalized spacial score (nSPS) is 15.1. The summed E-state index contributed by atoms with van der Waals surface area (Å²) in [7, 11) is 0. The largest absolute Gasteiger partial charge is 0.459 e. The lowest BCUT2D eigenvalue weighted by atomic mass is 9.86. The Balaban J connectivity index is 4.59. The molecule has 0 aliphatic carbocycles. The summed E-state index contributed by atoms with van der Waals surface area (Å²) in [5.41, 5.74) is -1.08. The van der Waals surface area contributed by atoms with Gasteiger partial charge in [0.2, 0.25) is 0 Å². The van der Waals surface area contributed by atoms with E-state index in [-0.39, 0.29) is 18.3 Å². The van der Waals surface area contributed by atoms with E-state index < -0.39 is 23.1 Å². The van der Waals surface area contributed by atoms with Crippen LogP contribution in [0.2, 0.25) is 0 Å². The molecule has 0 heterocycles. The Labute approximate surface area is 218 Å². The molecular formula is C31H60O4. The van der Waals surface area contributed by atoms with Crippen LogP contribution in [-0.4, -0.2) is 23.1 Å². The van der Waals surface area contributed by atoms with E-state index in [0.717, 1.165) is 38.5 Å². The van der Waals surface area contributed by atoms with Gasteiger partial charge in [0.1, 0.15) is 17.6 Å². The second-order valence-corrected chi connectivity index (χ2v) is 11.8. The Morgan fingerprint density at radius 3 is 1.11 bits per heavy atom. The van der Waals surface area contributed by atoms with Crippen molar-refractivity contribution in [3.63, 3.8) is 0 Å². The first-order valence-electron chi connectivity index (χ1n) is 14.9. The fourth-order valence-electron chi connectivity index (χ4n) is 4.49. The van der Waals surface area contributed by atoms with Crippen molar-refractivity contribution < 1.29 is 19.1 Å². The van der Waals surface area contributed by atoms with E-state index in [4.69, 9.17) is 9.47 Å². The maximum atomic E-state index is 12.7. The monoisotopic (exact) mass is 496 g/mol. The minimum absolute atomic E-state index is 0.195. The predicted molar refractivity (Wildman–Crippen MR) is 149 cm³/mol. The van der Waals surface area contributed by atoms with Crippen LogP contribution in [0.1, 0.15) is 165 Å². The van der Waals surface area contributed by atoms with Crippen molar-refractivity contribution in [1.29, 1.82) is 0 Å². The molecule has 2 atom stereocenters. The molecule has 208 valence electrons. The van der Waals surface area contributed by atoms with Gasteiger partial charge < -0.3 is 9.47 Å². The first kappa shape index (κ1) is 33.9. The molecule has 0 fully saturated rings. The molecule has 2 unspecified atom stereocenters. The van der Waals surface area contributed by atoms with Gasteiger partial charge in [-0.1, -0.05) is 119 Å². The molecule has 0 N–H and O–H groups in total. The van der Waals surface area contributed by atoms with Crippen LogP contribution >= 0.6 is 0 Å². The lowest BCUT2D eigenvalue weighted by molar-refractivity contribution is -0.175. The number of carbonyl (C=O) groups is 2. The minimum atomic E-state index is -0.542. The quantitative estimate of drug-likeness (QED) is 0.0850. The number of hydrogen-bond donors (Lipinski definition) is 0. The van der Waals surface area contributed by atoms with Gasteiger partial charge in [-0.25, -0.2) is 0 Å². The third kappa shape index (κ3) is 15.6. The highest BCUT2D eigenvalue weighted by atomic mass is 16.6. The molecule has 0 aliphatic rings. The second-order valence-electron chi connectivity index (χ2n) is 11.8. The molecule has 0 rings (SSSR count). The van der Waals surface area contributed by atoms with Crippen molar-refractivity contribution in [2.24, 2.45) is 11.8 Å². The fraction of sp³-hybridized carbons (Fsp3) is 0.935. The second kappa shape index (κ2) is 19.1. The van der Waals surface area contributed by atoms with E-state index in [1.54, 1.807) is 0 Å². The van der Waals surface area contributed by atoms with Gasteiger partial charge in [-0.3, -0.25) is 9.59 Å². The summed E-state index contributed by atoms with van der Waals surface area (Å²) in [5.74, 6) is -0.533. The first-order chi connectivity index (χ1) is 16.5. The van der Waals surface area contributed by atoms with E-state index in [2.05, 4.69) is 41.5 Å². The van der Waals surface area contributed by atoms with E-state index in [9.17, 15) is 9.59 Å². The van der Waals surface area contributed by atoms with Crippen molar-refractivity contribution in [1.82, 2.24) is 0 Å². The highest BCUT2D eigenvalue weighted by Crippen LogP contribution is 2.31. The van der Waals surface area contributed by atoms with Gasteiger partial charge in [0.15, 0.2) is 0 Å². The number of ether oxygens (including phenoxy) is 2. The topological polar surface area (TPSA) is 52.6 Å². The van der Waals surface area contributed by atoms with Crippen LogP contribution in [0.25, 0.3) is 0 Å². The average Bonchev–Trinajstić information content (AvgIpc) is 2.77. The van der Waals surface area contributed by atoms with E-state index in [1.165, 1.54) is 64.2 Å².